The number of carbonyl (C=O) groups excluding carboxylic acids is 1. The Morgan fingerprint density at radius 3 is 2.00 bits per heavy atom. The van der Waals surface area contributed by atoms with E-state index in [2.05, 4.69) is 0 Å². The van der Waals surface area contributed by atoms with E-state index in [9.17, 15) is 33.3 Å². The van der Waals surface area contributed by atoms with Crippen molar-refractivity contribution in [2.24, 2.45) is 23.7 Å². The molecule has 3 fully saturated rings. The van der Waals surface area contributed by atoms with Crippen molar-refractivity contribution in [3.8, 4) is 0 Å². The second-order valence-corrected chi connectivity index (χ2v) is 8.74. The first kappa shape index (κ1) is 18.8. The average Bonchev–Trinajstić information content (AvgIpc) is 2.58. The number of fused-ring (bicyclic) bond motifs is 3. The summed E-state index contributed by atoms with van der Waals surface area (Å²) in [4.78, 5) is 24.2. The van der Waals surface area contributed by atoms with Crippen LogP contribution >= 0.6 is 0 Å². The standard InChI is InChI=1S/C17H21NO7S/c1-8-2-4-9(5-3-8)26(24,25)18-16(21)12-10-6-7-11(13(12)17(22)23)15(20)14(10)19/h2-5,10-15,19-20H,6-7H2,1H3,(H,18,21)(H,22,23)/t10-,11+,12?,13?,14-,15+/m0/s1. The van der Waals surface area contributed by atoms with Gasteiger partial charge in [0.05, 0.1) is 28.9 Å². The minimum Gasteiger partial charge on any atom is -0.481 e. The Bertz CT molecular complexity index is 820. The van der Waals surface area contributed by atoms with Gasteiger partial charge in [-0.05, 0) is 37.8 Å². The Hall–Kier alpha value is -1.97. The van der Waals surface area contributed by atoms with Crippen LogP contribution in [-0.2, 0) is 19.6 Å². The number of carboxylic acid groups (broad SMARTS) is 1. The Kier molecular flexibility index (Phi) is 4.80. The summed E-state index contributed by atoms with van der Waals surface area (Å²) >= 11 is 0. The minimum absolute atomic E-state index is 0.107. The number of rotatable bonds is 4. The quantitative estimate of drug-likeness (QED) is 0.568. The molecule has 0 aromatic heterocycles. The number of aryl methyl sites for hydroxylation is 1. The fourth-order valence-corrected chi connectivity index (χ4v) is 5.23. The normalized spacial score (nSPS) is 33.7. The molecule has 0 spiro atoms. The number of benzene rings is 1. The molecule has 2 unspecified atom stereocenters. The third-order valence-electron chi connectivity index (χ3n) is 5.52. The fourth-order valence-electron chi connectivity index (χ4n) is 4.22. The van der Waals surface area contributed by atoms with Crippen molar-refractivity contribution in [3.63, 3.8) is 0 Å². The molecule has 1 amide bonds. The van der Waals surface area contributed by atoms with Gasteiger partial charge in [0.15, 0.2) is 0 Å². The maximum atomic E-state index is 12.7. The summed E-state index contributed by atoms with van der Waals surface area (Å²) in [5.74, 6) is -6.28. The molecule has 3 aliphatic rings. The lowest BCUT2D eigenvalue weighted by Gasteiger charge is -2.51. The van der Waals surface area contributed by atoms with Gasteiger partial charge in [-0.3, -0.25) is 9.59 Å². The van der Waals surface area contributed by atoms with Crippen molar-refractivity contribution >= 4 is 21.9 Å². The number of hydrogen-bond acceptors (Lipinski definition) is 6. The number of aliphatic hydroxyl groups excluding tert-OH is 2. The summed E-state index contributed by atoms with van der Waals surface area (Å²) in [5.41, 5.74) is 0.850. The number of nitrogens with one attached hydrogen (secondary N) is 1. The maximum Gasteiger partial charge on any atom is 0.307 e. The van der Waals surface area contributed by atoms with E-state index in [1.165, 1.54) is 12.1 Å². The van der Waals surface area contributed by atoms with Gasteiger partial charge in [-0.2, -0.15) is 0 Å². The van der Waals surface area contributed by atoms with Crippen LogP contribution in [0.1, 0.15) is 18.4 Å². The molecular weight excluding hydrogens is 362 g/mol. The van der Waals surface area contributed by atoms with Crippen LogP contribution < -0.4 is 4.72 Å². The lowest BCUT2D eigenvalue weighted by molar-refractivity contribution is -0.187. The van der Waals surface area contributed by atoms with Crippen molar-refractivity contribution in [2.45, 2.75) is 36.9 Å². The molecule has 0 aliphatic heterocycles. The predicted octanol–water partition coefficient (Wildman–Crippen LogP) is -0.121. The second kappa shape index (κ2) is 6.64. The van der Waals surface area contributed by atoms with E-state index in [4.69, 9.17) is 0 Å². The molecule has 3 aliphatic carbocycles. The van der Waals surface area contributed by atoms with Crippen LogP contribution in [0.3, 0.4) is 0 Å². The van der Waals surface area contributed by atoms with E-state index in [0.717, 1.165) is 5.56 Å². The topological polar surface area (TPSA) is 141 Å². The van der Waals surface area contributed by atoms with Crippen LogP contribution in [0.15, 0.2) is 29.2 Å². The molecule has 9 heteroatoms. The van der Waals surface area contributed by atoms with Crippen molar-refractivity contribution in [1.82, 2.24) is 4.72 Å². The van der Waals surface area contributed by atoms with Crippen molar-refractivity contribution in [1.29, 1.82) is 0 Å². The molecule has 1 aromatic carbocycles. The Balaban J connectivity index is 1.88. The highest BCUT2D eigenvalue weighted by atomic mass is 32.2. The monoisotopic (exact) mass is 383 g/mol. The minimum atomic E-state index is -4.16. The van der Waals surface area contributed by atoms with Crippen LogP contribution in [0.4, 0.5) is 0 Å². The zero-order valence-corrected chi connectivity index (χ0v) is 14.9. The number of hydrogen-bond donors (Lipinski definition) is 4. The highest BCUT2D eigenvalue weighted by Crippen LogP contribution is 2.49. The molecule has 1 aromatic rings. The fraction of sp³-hybridized carbons (Fsp3) is 0.529. The van der Waals surface area contributed by atoms with Crippen molar-refractivity contribution in [2.75, 3.05) is 0 Å². The van der Waals surface area contributed by atoms with E-state index >= 15 is 0 Å². The van der Waals surface area contributed by atoms with Crippen LogP contribution in [0, 0.1) is 30.6 Å². The summed E-state index contributed by atoms with van der Waals surface area (Å²) < 4.78 is 26.8. The highest BCUT2D eigenvalue weighted by molar-refractivity contribution is 7.90. The zero-order chi connectivity index (χ0) is 19.2. The molecular formula is C17H21NO7S. The van der Waals surface area contributed by atoms with Crippen LogP contribution in [-0.4, -0.2) is 47.8 Å². The van der Waals surface area contributed by atoms with Gasteiger partial charge in [0.2, 0.25) is 5.91 Å². The number of carboxylic acids is 1. The maximum absolute atomic E-state index is 12.7. The van der Waals surface area contributed by atoms with Crippen LogP contribution in [0.2, 0.25) is 0 Å². The SMILES string of the molecule is Cc1ccc(S(=O)(=O)NC(=O)C2C(C(=O)O)[C@H]3CC[C@@H]2[C@H](O)[C@@H]3O)cc1. The lowest BCUT2D eigenvalue weighted by atomic mass is 9.56. The number of aliphatic hydroxyl groups is 2. The molecule has 4 rings (SSSR count). The van der Waals surface area contributed by atoms with Gasteiger partial charge < -0.3 is 15.3 Å². The van der Waals surface area contributed by atoms with Gasteiger partial charge in [-0.1, -0.05) is 17.7 Å². The largest absolute Gasteiger partial charge is 0.481 e. The first-order chi connectivity index (χ1) is 12.1. The van der Waals surface area contributed by atoms with E-state index < -0.39 is 57.8 Å². The Labute approximate surface area is 150 Å². The molecule has 2 bridgehead atoms. The first-order valence-electron chi connectivity index (χ1n) is 8.36. The highest BCUT2D eigenvalue weighted by Gasteiger charge is 2.58. The number of sulfonamides is 1. The van der Waals surface area contributed by atoms with Gasteiger partial charge in [0.25, 0.3) is 10.0 Å². The van der Waals surface area contributed by atoms with Crippen LogP contribution in [0.5, 0.6) is 0 Å². The number of aliphatic carboxylic acids is 1. The summed E-state index contributed by atoms with van der Waals surface area (Å²) in [6.45, 7) is 1.79. The van der Waals surface area contributed by atoms with E-state index in [1.54, 1.807) is 19.1 Å². The zero-order valence-electron chi connectivity index (χ0n) is 14.1. The molecule has 6 atom stereocenters. The van der Waals surface area contributed by atoms with Gasteiger partial charge in [-0.15, -0.1) is 0 Å². The average molecular weight is 383 g/mol. The molecule has 0 heterocycles. The van der Waals surface area contributed by atoms with Gasteiger partial charge in [-0.25, -0.2) is 13.1 Å². The molecule has 8 nitrogen and oxygen atoms in total. The molecule has 26 heavy (non-hydrogen) atoms. The van der Waals surface area contributed by atoms with Gasteiger partial charge >= 0.3 is 5.97 Å². The Morgan fingerprint density at radius 2 is 1.50 bits per heavy atom. The molecule has 4 N–H and O–H groups in total. The van der Waals surface area contributed by atoms with E-state index in [0.29, 0.717) is 12.8 Å². The third-order valence-corrected chi connectivity index (χ3v) is 6.89. The lowest BCUT2D eigenvalue weighted by Crippen LogP contribution is -2.62. The smallest absolute Gasteiger partial charge is 0.307 e. The van der Waals surface area contributed by atoms with Crippen LogP contribution in [0.25, 0.3) is 0 Å². The molecule has 142 valence electrons. The predicted molar refractivity (Wildman–Crippen MR) is 89.4 cm³/mol. The van der Waals surface area contributed by atoms with Gasteiger partial charge in [0, 0.05) is 5.92 Å². The van der Waals surface area contributed by atoms with Crippen molar-refractivity contribution in [3.05, 3.63) is 29.8 Å². The second-order valence-electron chi connectivity index (χ2n) is 7.06. The summed E-state index contributed by atoms with van der Waals surface area (Å²) in [5, 5.41) is 29.7. The van der Waals surface area contributed by atoms with Gasteiger partial charge in [0.1, 0.15) is 0 Å². The summed E-state index contributed by atoms with van der Waals surface area (Å²) in [7, 11) is -4.16. The first-order valence-corrected chi connectivity index (χ1v) is 9.84. The molecule has 0 radical (unpaired) electrons. The molecule has 0 saturated heterocycles. The number of amides is 1. The third kappa shape index (κ3) is 3.10. The summed E-state index contributed by atoms with van der Waals surface area (Å²) in [6.07, 6.45) is -1.75. The Morgan fingerprint density at radius 1 is 1.00 bits per heavy atom. The van der Waals surface area contributed by atoms with E-state index in [1.807, 2.05) is 4.72 Å². The number of carbonyl (C=O) groups is 2. The van der Waals surface area contributed by atoms with Crippen molar-refractivity contribution < 1.29 is 33.3 Å². The van der Waals surface area contributed by atoms with E-state index in [-0.39, 0.29) is 4.90 Å². The summed E-state index contributed by atoms with van der Waals surface area (Å²) in [6, 6.07) is 5.88. The molecule has 3 saturated carbocycles.